The Balaban J connectivity index is 2.04. The summed E-state index contributed by atoms with van der Waals surface area (Å²) >= 11 is 1.04. The molecule has 0 aliphatic heterocycles. The van der Waals surface area contributed by atoms with Crippen molar-refractivity contribution in [2.24, 2.45) is 0 Å². The number of hydrogen-bond donors (Lipinski definition) is 2. The van der Waals surface area contributed by atoms with Gasteiger partial charge in [0.25, 0.3) is 5.91 Å². The summed E-state index contributed by atoms with van der Waals surface area (Å²) in [5.74, 6) is -3.88. The van der Waals surface area contributed by atoms with Crippen LogP contribution in [-0.4, -0.2) is 23.6 Å². The van der Waals surface area contributed by atoms with Gasteiger partial charge in [0.05, 0.1) is 16.8 Å². The van der Waals surface area contributed by atoms with Crippen LogP contribution in [0.5, 0.6) is 5.75 Å². The van der Waals surface area contributed by atoms with Crippen molar-refractivity contribution in [3.63, 3.8) is 0 Å². The summed E-state index contributed by atoms with van der Waals surface area (Å²) in [7, 11) is 0. The normalized spacial score (nSPS) is 11.2. The van der Waals surface area contributed by atoms with E-state index in [0.29, 0.717) is 18.2 Å². The van der Waals surface area contributed by atoms with Gasteiger partial charge in [0.1, 0.15) is 0 Å². The molecule has 0 bridgehead atoms. The van der Waals surface area contributed by atoms with E-state index in [4.69, 9.17) is 9.84 Å². The molecule has 128 valence electrons. The summed E-state index contributed by atoms with van der Waals surface area (Å²) in [5.41, 5.74) is -1.24. The molecule has 1 aromatic heterocycles. The zero-order valence-corrected chi connectivity index (χ0v) is 12.5. The summed E-state index contributed by atoms with van der Waals surface area (Å²) in [5, 5.41) is 13.8. The van der Waals surface area contributed by atoms with Gasteiger partial charge in [-0.05, 0) is 18.2 Å². The topological polar surface area (TPSA) is 75.6 Å². The van der Waals surface area contributed by atoms with Crippen LogP contribution in [0.25, 0.3) is 0 Å². The molecule has 10 heteroatoms. The maximum atomic E-state index is 13.5. The van der Waals surface area contributed by atoms with Gasteiger partial charge < -0.3 is 15.2 Å². The Labute approximate surface area is 136 Å². The van der Waals surface area contributed by atoms with Crippen LogP contribution in [0.1, 0.15) is 15.9 Å². The number of halogens is 4. The summed E-state index contributed by atoms with van der Waals surface area (Å²) < 4.78 is 55.9. The van der Waals surface area contributed by atoms with E-state index in [1.54, 1.807) is 0 Å². The molecule has 1 heterocycles. The average Bonchev–Trinajstić information content (AvgIpc) is 2.93. The molecule has 2 N–H and O–H groups in total. The van der Waals surface area contributed by atoms with Gasteiger partial charge in [-0.15, -0.1) is 11.3 Å². The third-order valence-electron chi connectivity index (χ3n) is 2.78. The Morgan fingerprint density at radius 1 is 1.25 bits per heavy atom. The lowest BCUT2D eigenvalue weighted by molar-refractivity contribution is -0.137. The van der Waals surface area contributed by atoms with E-state index >= 15 is 0 Å². The number of carbonyl (C=O) groups excluding carboxylic acids is 1. The third-order valence-corrected chi connectivity index (χ3v) is 3.53. The van der Waals surface area contributed by atoms with Crippen LogP contribution < -0.4 is 10.1 Å². The zero-order chi connectivity index (χ0) is 17.9. The Kier molecular flexibility index (Phi) is 5.07. The van der Waals surface area contributed by atoms with E-state index in [2.05, 4.69) is 5.32 Å². The number of carbonyl (C=O) groups is 2. The first-order valence-electron chi connectivity index (χ1n) is 6.27. The second kappa shape index (κ2) is 6.87. The van der Waals surface area contributed by atoms with Crippen LogP contribution in [0.3, 0.4) is 0 Å². The van der Waals surface area contributed by atoms with Crippen LogP contribution in [0.4, 0.5) is 23.2 Å². The van der Waals surface area contributed by atoms with Gasteiger partial charge in [-0.3, -0.25) is 4.79 Å². The van der Waals surface area contributed by atoms with E-state index in [-0.39, 0.29) is 11.3 Å². The Morgan fingerprint density at radius 2 is 1.96 bits per heavy atom. The highest BCUT2D eigenvalue weighted by molar-refractivity contribution is 7.08. The number of thiophene rings is 1. The Morgan fingerprint density at radius 3 is 2.58 bits per heavy atom. The van der Waals surface area contributed by atoms with Crippen molar-refractivity contribution in [3.8, 4) is 5.75 Å². The minimum atomic E-state index is -4.68. The number of amides is 1. The SMILES string of the molecule is O=C(COc1cc(C(F)(F)F)ccc1F)Nc1cscc1C(=O)O. The average molecular weight is 363 g/mol. The molecular formula is C14H9F4NO4S. The van der Waals surface area contributed by atoms with Crippen molar-refractivity contribution in [3.05, 3.63) is 45.9 Å². The molecule has 24 heavy (non-hydrogen) atoms. The quantitative estimate of drug-likeness (QED) is 0.796. The van der Waals surface area contributed by atoms with Crippen LogP contribution in [0.15, 0.2) is 29.0 Å². The highest BCUT2D eigenvalue weighted by atomic mass is 32.1. The predicted octanol–water partition coefficient (Wildman–Crippen LogP) is 3.62. The van der Waals surface area contributed by atoms with Gasteiger partial charge in [-0.25, -0.2) is 9.18 Å². The van der Waals surface area contributed by atoms with Crippen LogP contribution >= 0.6 is 11.3 Å². The molecule has 0 unspecified atom stereocenters. The molecule has 5 nitrogen and oxygen atoms in total. The first-order chi connectivity index (χ1) is 11.2. The molecule has 0 atom stereocenters. The van der Waals surface area contributed by atoms with Gasteiger partial charge in [-0.2, -0.15) is 13.2 Å². The van der Waals surface area contributed by atoms with Gasteiger partial charge in [0, 0.05) is 10.8 Å². The monoisotopic (exact) mass is 363 g/mol. The van der Waals surface area contributed by atoms with E-state index in [1.807, 2.05) is 0 Å². The van der Waals surface area contributed by atoms with E-state index in [1.165, 1.54) is 10.8 Å². The summed E-state index contributed by atoms with van der Waals surface area (Å²) in [4.78, 5) is 22.6. The molecule has 0 saturated heterocycles. The molecule has 0 fully saturated rings. The van der Waals surface area contributed by atoms with E-state index < -0.39 is 41.8 Å². The highest BCUT2D eigenvalue weighted by Crippen LogP contribution is 2.32. The molecular weight excluding hydrogens is 354 g/mol. The van der Waals surface area contributed by atoms with Crippen LogP contribution in [0.2, 0.25) is 0 Å². The van der Waals surface area contributed by atoms with Crippen molar-refractivity contribution in [1.29, 1.82) is 0 Å². The fraction of sp³-hybridized carbons (Fsp3) is 0.143. The smallest absolute Gasteiger partial charge is 0.416 e. The summed E-state index contributed by atoms with van der Waals surface area (Å²) in [6.45, 7) is -0.785. The molecule has 0 aliphatic rings. The van der Waals surface area contributed by atoms with Crippen molar-refractivity contribution in [2.75, 3.05) is 11.9 Å². The first kappa shape index (κ1) is 17.7. The molecule has 0 spiro atoms. The number of anilines is 1. The molecule has 2 rings (SSSR count). The number of benzene rings is 1. The number of rotatable bonds is 5. The van der Waals surface area contributed by atoms with Crippen molar-refractivity contribution in [2.45, 2.75) is 6.18 Å². The predicted molar refractivity (Wildman–Crippen MR) is 76.8 cm³/mol. The molecule has 2 aromatic rings. The number of ether oxygens (including phenoxy) is 1. The molecule has 0 radical (unpaired) electrons. The number of carboxylic acid groups (broad SMARTS) is 1. The minimum absolute atomic E-state index is 0.0191. The largest absolute Gasteiger partial charge is 0.481 e. The first-order valence-corrected chi connectivity index (χ1v) is 7.21. The summed E-state index contributed by atoms with van der Waals surface area (Å²) in [6, 6.07) is 1.57. The standard InChI is InChI=1S/C14H9F4NO4S/c15-9-2-1-7(14(16,17)18)3-11(9)23-4-12(20)19-10-6-24-5-8(10)13(21)22/h1-3,5-6H,4H2,(H,19,20)(H,21,22). The fourth-order valence-corrected chi connectivity index (χ4v) is 2.43. The Bertz CT molecular complexity index is 772. The number of carboxylic acids is 1. The lowest BCUT2D eigenvalue weighted by atomic mass is 10.2. The number of alkyl halides is 3. The van der Waals surface area contributed by atoms with Gasteiger partial charge >= 0.3 is 12.1 Å². The van der Waals surface area contributed by atoms with E-state index in [9.17, 15) is 27.2 Å². The molecule has 0 saturated carbocycles. The van der Waals surface area contributed by atoms with Crippen LogP contribution in [0, 0.1) is 5.82 Å². The minimum Gasteiger partial charge on any atom is -0.481 e. The Hall–Kier alpha value is -2.62. The molecule has 1 amide bonds. The lowest BCUT2D eigenvalue weighted by Gasteiger charge is -2.11. The number of hydrogen-bond acceptors (Lipinski definition) is 4. The molecule has 1 aromatic carbocycles. The van der Waals surface area contributed by atoms with Crippen molar-refractivity contribution >= 4 is 28.9 Å². The number of aromatic carboxylic acids is 1. The lowest BCUT2D eigenvalue weighted by Crippen LogP contribution is -2.21. The van der Waals surface area contributed by atoms with Gasteiger partial charge in [0.2, 0.25) is 0 Å². The number of nitrogens with one attached hydrogen (secondary N) is 1. The second-order valence-corrected chi connectivity index (χ2v) is 5.23. The maximum absolute atomic E-state index is 13.5. The van der Waals surface area contributed by atoms with E-state index in [0.717, 1.165) is 11.3 Å². The van der Waals surface area contributed by atoms with Gasteiger partial charge in [-0.1, -0.05) is 0 Å². The fourth-order valence-electron chi connectivity index (χ4n) is 1.68. The molecule has 0 aliphatic carbocycles. The second-order valence-electron chi connectivity index (χ2n) is 4.48. The third kappa shape index (κ3) is 4.22. The maximum Gasteiger partial charge on any atom is 0.416 e. The van der Waals surface area contributed by atoms with Crippen molar-refractivity contribution in [1.82, 2.24) is 0 Å². The highest BCUT2D eigenvalue weighted by Gasteiger charge is 2.31. The van der Waals surface area contributed by atoms with Crippen molar-refractivity contribution < 1.29 is 37.0 Å². The summed E-state index contributed by atoms with van der Waals surface area (Å²) in [6.07, 6.45) is -4.68. The van der Waals surface area contributed by atoms with Crippen LogP contribution in [-0.2, 0) is 11.0 Å². The van der Waals surface area contributed by atoms with Gasteiger partial charge in [0.15, 0.2) is 18.2 Å². The zero-order valence-electron chi connectivity index (χ0n) is 11.7.